The van der Waals surface area contributed by atoms with E-state index in [2.05, 4.69) is 9.97 Å². The summed E-state index contributed by atoms with van der Waals surface area (Å²) in [5.41, 5.74) is 5.03. The Kier molecular flexibility index (Phi) is 2.92. The van der Waals surface area contributed by atoms with Gasteiger partial charge in [-0.3, -0.25) is 4.98 Å². The van der Waals surface area contributed by atoms with E-state index in [0.717, 1.165) is 0 Å². The van der Waals surface area contributed by atoms with Crippen LogP contribution in [0.15, 0.2) is 12.4 Å². The third-order valence-electron chi connectivity index (χ3n) is 2.37. The van der Waals surface area contributed by atoms with Crippen molar-refractivity contribution in [2.75, 3.05) is 18.9 Å². The predicted molar refractivity (Wildman–Crippen MR) is 61.5 cm³/mol. The molecule has 6 nitrogen and oxygen atoms in total. The van der Waals surface area contributed by atoms with Crippen LogP contribution >= 0.6 is 0 Å². The molecule has 0 aromatic carbocycles. The predicted octanol–water partition coefficient (Wildman–Crippen LogP) is 0.979. The number of anilines is 1. The molecule has 1 aromatic heterocycles. The zero-order valence-electron chi connectivity index (χ0n) is 10.3. The van der Waals surface area contributed by atoms with Crippen molar-refractivity contribution < 1.29 is 14.2 Å². The van der Waals surface area contributed by atoms with E-state index >= 15 is 0 Å². The summed E-state index contributed by atoms with van der Waals surface area (Å²) in [4.78, 5) is 7.89. The molecule has 1 aliphatic heterocycles. The van der Waals surface area contributed by atoms with Crippen LogP contribution in [0.5, 0.6) is 5.88 Å². The summed E-state index contributed by atoms with van der Waals surface area (Å²) in [6.45, 7) is 6.50. The number of hydrogen-bond acceptors (Lipinski definition) is 6. The number of nitrogens with two attached hydrogens (primary N) is 1. The number of hydrogen-bond donors (Lipinski definition) is 1. The second-order valence-electron chi connectivity index (χ2n) is 4.81. The summed E-state index contributed by atoms with van der Waals surface area (Å²) in [7, 11) is 0. The van der Waals surface area contributed by atoms with Crippen molar-refractivity contribution >= 4 is 5.82 Å². The summed E-state index contributed by atoms with van der Waals surface area (Å²) in [6.07, 6.45) is 2.98. The van der Waals surface area contributed by atoms with Gasteiger partial charge in [-0.2, -0.15) is 4.98 Å². The van der Waals surface area contributed by atoms with Gasteiger partial charge in [0.25, 0.3) is 0 Å². The lowest BCUT2D eigenvalue weighted by Gasteiger charge is -2.24. The maximum Gasteiger partial charge on any atom is 0.234 e. The fourth-order valence-corrected chi connectivity index (χ4v) is 1.71. The number of nitrogen functional groups attached to an aromatic ring is 1. The quantitative estimate of drug-likeness (QED) is 0.847. The molecule has 0 saturated carbocycles. The van der Waals surface area contributed by atoms with Crippen molar-refractivity contribution in [3.05, 3.63) is 12.4 Å². The van der Waals surface area contributed by atoms with Crippen molar-refractivity contribution in [1.29, 1.82) is 0 Å². The molecule has 0 radical (unpaired) electrons. The Balaban J connectivity index is 1.95. The van der Waals surface area contributed by atoms with Gasteiger partial charge in [-0.05, 0) is 20.8 Å². The zero-order chi connectivity index (χ0) is 12.5. The topological polar surface area (TPSA) is 79.5 Å². The highest BCUT2D eigenvalue weighted by molar-refractivity contribution is 5.26. The molecule has 1 fully saturated rings. The molecule has 1 aliphatic rings. The van der Waals surface area contributed by atoms with Crippen LogP contribution in [0.4, 0.5) is 5.82 Å². The van der Waals surface area contributed by atoms with Gasteiger partial charge in [-0.15, -0.1) is 0 Å². The highest BCUT2D eigenvalue weighted by atomic mass is 16.8. The summed E-state index contributed by atoms with van der Waals surface area (Å²) < 4.78 is 16.8. The summed E-state index contributed by atoms with van der Waals surface area (Å²) in [5, 5.41) is 0. The first kappa shape index (κ1) is 12.1. The summed E-state index contributed by atoms with van der Waals surface area (Å²) in [5.74, 6) is 0.149. The van der Waals surface area contributed by atoms with Gasteiger partial charge in [-0.25, -0.2) is 0 Å². The standard InChI is InChI=1S/C11H17N3O3/c1-10(2)16-7-11(3,17-10)6-15-9-5-13-4-8(12)14-9/h4-5H,6-7H2,1-3H3,(H2,12,14)/t11-/m0/s1. The van der Waals surface area contributed by atoms with E-state index in [0.29, 0.717) is 24.9 Å². The lowest BCUT2D eigenvalue weighted by Crippen LogP contribution is -2.37. The Hall–Kier alpha value is -1.40. The molecule has 1 saturated heterocycles. The molecule has 0 aliphatic carbocycles. The molecule has 6 heteroatoms. The molecule has 1 atom stereocenters. The lowest BCUT2D eigenvalue weighted by molar-refractivity contribution is -0.163. The second kappa shape index (κ2) is 4.12. The van der Waals surface area contributed by atoms with Gasteiger partial charge in [0.1, 0.15) is 18.0 Å². The monoisotopic (exact) mass is 239 g/mol. The van der Waals surface area contributed by atoms with E-state index in [1.165, 1.54) is 12.4 Å². The van der Waals surface area contributed by atoms with E-state index < -0.39 is 11.4 Å². The minimum atomic E-state index is -0.570. The van der Waals surface area contributed by atoms with Crippen LogP contribution in [0.3, 0.4) is 0 Å². The van der Waals surface area contributed by atoms with Crippen LogP contribution in [0.1, 0.15) is 20.8 Å². The average Bonchev–Trinajstić information content (AvgIpc) is 2.51. The second-order valence-corrected chi connectivity index (χ2v) is 4.81. The van der Waals surface area contributed by atoms with E-state index in [-0.39, 0.29) is 0 Å². The third kappa shape index (κ3) is 3.04. The van der Waals surface area contributed by atoms with Crippen molar-refractivity contribution in [3.8, 4) is 5.88 Å². The minimum absolute atomic E-state index is 0.330. The van der Waals surface area contributed by atoms with Crippen molar-refractivity contribution in [2.24, 2.45) is 0 Å². The first-order chi connectivity index (χ1) is 7.89. The Labute approximate surface area is 100 Å². The van der Waals surface area contributed by atoms with Gasteiger partial charge in [0.15, 0.2) is 5.79 Å². The van der Waals surface area contributed by atoms with Gasteiger partial charge >= 0.3 is 0 Å². The molecule has 94 valence electrons. The fourth-order valence-electron chi connectivity index (χ4n) is 1.71. The SMILES string of the molecule is CC1(C)OC[C@](C)(COc2cncc(N)n2)O1. The van der Waals surface area contributed by atoms with Crippen LogP contribution < -0.4 is 10.5 Å². The number of aromatic nitrogens is 2. The molecule has 0 spiro atoms. The number of nitrogens with zero attached hydrogens (tertiary/aromatic N) is 2. The first-order valence-electron chi connectivity index (χ1n) is 5.43. The average molecular weight is 239 g/mol. The number of ether oxygens (including phenoxy) is 3. The third-order valence-corrected chi connectivity index (χ3v) is 2.37. The van der Waals surface area contributed by atoms with E-state index in [1.807, 2.05) is 20.8 Å². The normalized spacial score (nSPS) is 27.0. The maximum absolute atomic E-state index is 5.76. The molecule has 2 N–H and O–H groups in total. The van der Waals surface area contributed by atoms with E-state index in [4.69, 9.17) is 19.9 Å². The number of rotatable bonds is 3. The lowest BCUT2D eigenvalue weighted by atomic mass is 10.1. The Morgan fingerprint density at radius 2 is 2.18 bits per heavy atom. The largest absolute Gasteiger partial charge is 0.473 e. The van der Waals surface area contributed by atoms with Crippen molar-refractivity contribution in [2.45, 2.75) is 32.2 Å². The molecule has 2 heterocycles. The molecule has 17 heavy (non-hydrogen) atoms. The Morgan fingerprint density at radius 3 is 2.76 bits per heavy atom. The van der Waals surface area contributed by atoms with Crippen LogP contribution in [0.2, 0.25) is 0 Å². The van der Waals surface area contributed by atoms with Crippen LogP contribution in [-0.2, 0) is 9.47 Å². The van der Waals surface area contributed by atoms with Crippen LogP contribution in [-0.4, -0.2) is 34.6 Å². The van der Waals surface area contributed by atoms with Crippen molar-refractivity contribution in [3.63, 3.8) is 0 Å². The Bertz CT molecular complexity index is 411. The van der Waals surface area contributed by atoms with Gasteiger partial charge < -0.3 is 19.9 Å². The Morgan fingerprint density at radius 1 is 1.41 bits per heavy atom. The molecular weight excluding hydrogens is 222 g/mol. The van der Waals surface area contributed by atoms with Crippen LogP contribution in [0, 0.1) is 0 Å². The fraction of sp³-hybridized carbons (Fsp3) is 0.636. The minimum Gasteiger partial charge on any atom is -0.473 e. The van der Waals surface area contributed by atoms with Gasteiger partial charge in [0, 0.05) is 0 Å². The highest BCUT2D eigenvalue weighted by Gasteiger charge is 2.42. The van der Waals surface area contributed by atoms with E-state index in [9.17, 15) is 0 Å². The smallest absolute Gasteiger partial charge is 0.234 e. The zero-order valence-corrected chi connectivity index (χ0v) is 10.3. The molecule has 0 unspecified atom stereocenters. The summed E-state index contributed by atoms with van der Waals surface area (Å²) >= 11 is 0. The molecular formula is C11H17N3O3. The first-order valence-corrected chi connectivity index (χ1v) is 5.43. The molecule has 0 bridgehead atoms. The van der Waals surface area contributed by atoms with Gasteiger partial charge in [0.05, 0.1) is 19.0 Å². The van der Waals surface area contributed by atoms with Crippen molar-refractivity contribution in [1.82, 2.24) is 9.97 Å². The van der Waals surface area contributed by atoms with Crippen LogP contribution in [0.25, 0.3) is 0 Å². The molecule has 2 rings (SSSR count). The maximum atomic E-state index is 5.76. The molecule has 0 amide bonds. The molecule has 1 aromatic rings. The summed E-state index contributed by atoms with van der Waals surface area (Å²) in [6, 6.07) is 0. The highest BCUT2D eigenvalue weighted by Crippen LogP contribution is 2.30. The van der Waals surface area contributed by atoms with E-state index in [1.54, 1.807) is 0 Å². The van der Waals surface area contributed by atoms with Gasteiger partial charge in [-0.1, -0.05) is 0 Å². The van der Waals surface area contributed by atoms with Gasteiger partial charge in [0.2, 0.25) is 5.88 Å².